The Bertz CT molecular complexity index is 711. The molecular weight excluding hydrogens is 314 g/mol. The zero-order chi connectivity index (χ0) is 16.4. The smallest absolute Gasteiger partial charge is 0.328 e. The number of aryl methyl sites for hydroxylation is 1. The number of carbonyl (C=O) groups is 1. The summed E-state index contributed by atoms with van der Waals surface area (Å²) in [4.78, 5) is 12.0. The molecule has 1 aliphatic rings. The zero-order valence-corrected chi connectivity index (χ0v) is 13.8. The van der Waals surface area contributed by atoms with E-state index in [9.17, 15) is 9.90 Å². The molecule has 122 valence electrons. The first-order valence-corrected chi connectivity index (χ1v) is 8.22. The number of benzene rings is 1. The van der Waals surface area contributed by atoms with Gasteiger partial charge < -0.3 is 5.11 Å². The van der Waals surface area contributed by atoms with E-state index >= 15 is 0 Å². The van der Waals surface area contributed by atoms with E-state index in [1.807, 2.05) is 17.8 Å². The van der Waals surface area contributed by atoms with Crippen molar-refractivity contribution in [1.29, 1.82) is 0 Å². The van der Waals surface area contributed by atoms with E-state index in [4.69, 9.17) is 11.6 Å². The van der Waals surface area contributed by atoms with Crippen LogP contribution in [0.5, 0.6) is 0 Å². The van der Waals surface area contributed by atoms with Crippen molar-refractivity contribution in [3.05, 3.63) is 52.3 Å². The first-order valence-electron chi connectivity index (χ1n) is 7.85. The van der Waals surface area contributed by atoms with Crippen LogP contribution in [0.15, 0.2) is 30.5 Å². The summed E-state index contributed by atoms with van der Waals surface area (Å²) in [7, 11) is 0. The zero-order valence-electron chi connectivity index (χ0n) is 13.1. The van der Waals surface area contributed by atoms with E-state index in [0.29, 0.717) is 23.6 Å². The quantitative estimate of drug-likeness (QED) is 0.853. The summed E-state index contributed by atoms with van der Waals surface area (Å²) in [5.74, 6) is -0.883. The van der Waals surface area contributed by atoms with E-state index in [1.54, 1.807) is 24.3 Å². The number of hydrogen-bond acceptors (Lipinski definition) is 3. The number of nitrogens with one attached hydrogen (secondary N) is 1. The molecule has 0 saturated carbocycles. The number of halogens is 1. The number of fused-ring (bicyclic) bond motifs is 1. The second-order valence-electron chi connectivity index (χ2n) is 5.87. The third kappa shape index (κ3) is 2.86. The van der Waals surface area contributed by atoms with Crippen molar-refractivity contribution in [3.8, 4) is 0 Å². The number of carboxylic acid groups (broad SMARTS) is 1. The fourth-order valence-electron chi connectivity index (χ4n) is 3.24. The fourth-order valence-corrected chi connectivity index (χ4v) is 3.36. The molecule has 0 radical (unpaired) electrons. The number of hydrogen-bond donors (Lipinski definition) is 2. The fraction of sp³-hybridized carbons (Fsp3) is 0.412. The molecule has 1 unspecified atom stereocenters. The van der Waals surface area contributed by atoms with Crippen molar-refractivity contribution in [3.63, 3.8) is 0 Å². The van der Waals surface area contributed by atoms with Gasteiger partial charge in [-0.3, -0.25) is 10.00 Å². The van der Waals surface area contributed by atoms with Crippen LogP contribution in [0.1, 0.15) is 36.6 Å². The van der Waals surface area contributed by atoms with Gasteiger partial charge in [-0.05, 0) is 37.0 Å². The lowest BCUT2D eigenvalue weighted by atomic mass is 9.87. The van der Waals surface area contributed by atoms with E-state index in [2.05, 4.69) is 10.4 Å². The van der Waals surface area contributed by atoms with Crippen molar-refractivity contribution in [1.82, 2.24) is 15.1 Å². The molecule has 0 spiro atoms. The molecule has 5 nitrogen and oxygen atoms in total. The van der Waals surface area contributed by atoms with E-state index < -0.39 is 11.5 Å². The van der Waals surface area contributed by atoms with Gasteiger partial charge >= 0.3 is 5.97 Å². The molecule has 6 heteroatoms. The highest BCUT2D eigenvalue weighted by molar-refractivity contribution is 6.30. The van der Waals surface area contributed by atoms with Gasteiger partial charge in [0, 0.05) is 29.4 Å². The van der Waals surface area contributed by atoms with Gasteiger partial charge in [-0.15, -0.1) is 0 Å². The molecule has 1 aromatic carbocycles. The molecule has 2 aromatic rings. The van der Waals surface area contributed by atoms with Gasteiger partial charge in [-0.1, -0.05) is 30.7 Å². The summed E-state index contributed by atoms with van der Waals surface area (Å²) in [6.45, 7) is 3.31. The van der Waals surface area contributed by atoms with E-state index in [1.165, 1.54) is 5.69 Å². The van der Waals surface area contributed by atoms with Gasteiger partial charge in [-0.25, -0.2) is 4.79 Å². The van der Waals surface area contributed by atoms with E-state index in [0.717, 1.165) is 24.9 Å². The maximum atomic E-state index is 12.0. The maximum Gasteiger partial charge on any atom is 0.328 e. The van der Waals surface area contributed by atoms with Crippen LogP contribution in [0.4, 0.5) is 0 Å². The molecule has 0 aliphatic carbocycles. The second-order valence-corrected chi connectivity index (χ2v) is 6.30. The van der Waals surface area contributed by atoms with Crippen molar-refractivity contribution < 1.29 is 9.90 Å². The molecule has 1 aliphatic heterocycles. The van der Waals surface area contributed by atoms with Crippen LogP contribution in [-0.4, -0.2) is 20.9 Å². The summed E-state index contributed by atoms with van der Waals surface area (Å²) in [5, 5.41) is 18.1. The maximum absolute atomic E-state index is 12.0. The highest BCUT2D eigenvalue weighted by Crippen LogP contribution is 2.28. The Morgan fingerprint density at radius 2 is 2.17 bits per heavy atom. The predicted molar refractivity (Wildman–Crippen MR) is 88.4 cm³/mol. The minimum atomic E-state index is -1.13. The summed E-state index contributed by atoms with van der Waals surface area (Å²) >= 11 is 5.93. The standard InChI is InChI=1S/C17H20ClN3O2/c1-2-17(16(22)23,13-5-7-14(18)8-6-13)19-10-12-11-20-21-9-3-4-15(12)21/h5-8,11,19H,2-4,9-10H2,1H3,(H,22,23). The van der Waals surface area contributed by atoms with E-state index in [-0.39, 0.29) is 0 Å². The topological polar surface area (TPSA) is 67.2 Å². The minimum Gasteiger partial charge on any atom is -0.480 e. The van der Waals surface area contributed by atoms with Gasteiger partial charge in [0.15, 0.2) is 0 Å². The van der Waals surface area contributed by atoms with Gasteiger partial charge in [0.2, 0.25) is 0 Å². The molecule has 2 N–H and O–H groups in total. The molecule has 3 rings (SSSR count). The monoisotopic (exact) mass is 333 g/mol. The number of aliphatic carboxylic acids is 1. The molecule has 1 atom stereocenters. The lowest BCUT2D eigenvalue weighted by Crippen LogP contribution is -2.48. The Balaban J connectivity index is 1.87. The van der Waals surface area contributed by atoms with Crippen LogP contribution >= 0.6 is 11.6 Å². The third-order valence-electron chi connectivity index (χ3n) is 4.63. The summed E-state index contributed by atoms with van der Waals surface area (Å²) in [6.07, 6.45) is 4.38. The molecule has 0 amide bonds. The number of rotatable bonds is 6. The normalized spacial score (nSPS) is 16.1. The summed E-state index contributed by atoms with van der Waals surface area (Å²) in [6, 6.07) is 7.00. The van der Waals surface area contributed by atoms with Crippen LogP contribution in [0.2, 0.25) is 5.02 Å². The minimum absolute atomic E-state index is 0.438. The SMILES string of the molecule is CCC(NCc1cnn2c1CCC2)(C(=O)O)c1ccc(Cl)cc1. The number of nitrogens with zero attached hydrogens (tertiary/aromatic N) is 2. The van der Waals surface area contributed by atoms with Crippen molar-refractivity contribution in [2.45, 2.75) is 44.8 Å². The Kier molecular flexibility index (Phi) is 4.41. The number of carboxylic acids is 1. The van der Waals surface area contributed by atoms with Gasteiger partial charge in [0.1, 0.15) is 5.54 Å². The molecular formula is C17H20ClN3O2. The second kappa shape index (κ2) is 6.34. The Hall–Kier alpha value is -1.85. The lowest BCUT2D eigenvalue weighted by molar-refractivity contribution is -0.145. The summed E-state index contributed by atoms with van der Waals surface area (Å²) < 4.78 is 2.01. The Labute approximate surface area is 140 Å². The summed E-state index contributed by atoms with van der Waals surface area (Å²) in [5.41, 5.74) is 1.87. The molecule has 1 aromatic heterocycles. The highest BCUT2D eigenvalue weighted by Gasteiger charge is 2.38. The Morgan fingerprint density at radius 1 is 1.43 bits per heavy atom. The largest absolute Gasteiger partial charge is 0.480 e. The highest BCUT2D eigenvalue weighted by atomic mass is 35.5. The molecule has 0 saturated heterocycles. The average Bonchev–Trinajstić information content (AvgIpc) is 3.13. The lowest BCUT2D eigenvalue weighted by Gasteiger charge is -2.30. The average molecular weight is 334 g/mol. The van der Waals surface area contributed by atoms with Gasteiger partial charge in [-0.2, -0.15) is 5.10 Å². The van der Waals surface area contributed by atoms with Crippen molar-refractivity contribution >= 4 is 17.6 Å². The first-order chi connectivity index (χ1) is 11.1. The van der Waals surface area contributed by atoms with Crippen molar-refractivity contribution in [2.24, 2.45) is 0 Å². The van der Waals surface area contributed by atoms with Gasteiger partial charge in [0.25, 0.3) is 0 Å². The number of aromatic nitrogens is 2. The molecule has 2 heterocycles. The van der Waals surface area contributed by atoms with Crippen LogP contribution < -0.4 is 5.32 Å². The molecule has 0 fully saturated rings. The third-order valence-corrected chi connectivity index (χ3v) is 4.88. The van der Waals surface area contributed by atoms with Crippen LogP contribution in [-0.2, 0) is 29.8 Å². The van der Waals surface area contributed by atoms with Crippen LogP contribution in [0, 0.1) is 0 Å². The van der Waals surface area contributed by atoms with Crippen LogP contribution in [0.3, 0.4) is 0 Å². The predicted octanol–water partition coefficient (Wildman–Crippen LogP) is 2.96. The first kappa shape index (κ1) is 16.0. The molecule has 23 heavy (non-hydrogen) atoms. The van der Waals surface area contributed by atoms with Gasteiger partial charge in [0.05, 0.1) is 6.20 Å². The Morgan fingerprint density at radius 3 is 2.83 bits per heavy atom. The van der Waals surface area contributed by atoms with Crippen LogP contribution in [0.25, 0.3) is 0 Å². The molecule has 0 bridgehead atoms. The van der Waals surface area contributed by atoms with Crippen molar-refractivity contribution in [2.75, 3.05) is 0 Å².